The number of hydrogen-bond donors (Lipinski definition) is 1. The molecule has 3 aromatic carbocycles. The van der Waals surface area contributed by atoms with E-state index in [0.717, 1.165) is 28.0 Å². The van der Waals surface area contributed by atoms with E-state index in [1.807, 2.05) is 61.5 Å². The second-order valence-electron chi connectivity index (χ2n) is 11.7. The third-order valence-corrected chi connectivity index (χ3v) is 8.72. The number of amides is 1. The molecular weight excluding hydrogens is 576 g/mol. The zero-order valence-corrected chi connectivity index (χ0v) is 26.3. The number of aliphatic hydroxyl groups excluding tert-OH is 1. The summed E-state index contributed by atoms with van der Waals surface area (Å²) in [5.74, 6) is -1.95. The molecule has 1 atom stereocenters. The molecule has 0 bridgehead atoms. The third-order valence-electron chi connectivity index (χ3n) is 7.58. The highest BCUT2D eigenvalue weighted by Gasteiger charge is 2.48. The fraction of sp³-hybridized carbons (Fsp3) is 0.257. The molecule has 1 N–H and O–H groups in total. The summed E-state index contributed by atoms with van der Waals surface area (Å²) in [6.07, 6.45) is 0. The average Bonchev–Trinajstić information content (AvgIpc) is 3.51. The molecule has 1 fully saturated rings. The van der Waals surface area contributed by atoms with E-state index < -0.39 is 23.7 Å². The molecule has 1 aliphatic rings. The lowest BCUT2D eigenvalue weighted by atomic mass is 9.85. The first-order valence-corrected chi connectivity index (χ1v) is 15.0. The Morgan fingerprint density at radius 2 is 1.68 bits per heavy atom. The summed E-state index contributed by atoms with van der Waals surface area (Å²) < 4.78 is 10.9. The normalized spacial score (nSPS) is 16.3. The summed E-state index contributed by atoms with van der Waals surface area (Å²) in [5.41, 5.74) is 4.01. The Labute approximate surface area is 260 Å². The first-order chi connectivity index (χ1) is 20.9. The first-order valence-electron chi connectivity index (χ1n) is 14.2. The lowest BCUT2D eigenvalue weighted by Gasteiger charge is -2.25. The van der Waals surface area contributed by atoms with E-state index in [1.165, 1.54) is 12.0 Å². The van der Waals surface area contributed by atoms with Crippen molar-refractivity contribution in [2.24, 2.45) is 0 Å². The molecule has 9 heteroatoms. The zero-order valence-electron chi connectivity index (χ0n) is 25.5. The smallest absolute Gasteiger partial charge is 0.350 e. The van der Waals surface area contributed by atoms with Gasteiger partial charge >= 0.3 is 11.9 Å². The number of benzene rings is 3. The van der Waals surface area contributed by atoms with Gasteiger partial charge in [0.2, 0.25) is 0 Å². The number of aromatic nitrogens is 1. The van der Waals surface area contributed by atoms with Crippen molar-refractivity contribution in [1.82, 2.24) is 4.98 Å². The second kappa shape index (κ2) is 12.1. The monoisotopic (exact) mass is 610 g/mol. The SMILES string of the molecule is COC(=O)c1sc(N2C(=O)C(=O)/C(=C(/O)c3ccc(OCc4ccccc4)c(C)c3)C2c2ccc(C(C)(C)C)cc2)nc1C. The Balaban J connectivity index is 1.59. The fourth-order valence-electron chi connectivity index (χ4n) is 5.13. The van der Waals surface area contributed by atoms with Crippen LogP contribution in [-0.4, -0.2) is 34.9 Å². The number of carbonyl (C=O) groups excluding carboxylic acids is 3. The largest absolute Gasteiger partial charge is 0.507 e. The number of esters is 1. The van der Waals surface area contributed by atoms with Gasteiger partial charge in [0.05, 0.1) is 24.4 Å². The van der Waals surface area contributed by atoms with Crippen LogP contribution >= 0.6 is 11.3 Å². The van der Waals surface area contributed by atoms with Crippen LogP contribution in [0.15, 0.2) is 78.4 Å². The highest BCUT2D eigenvalue weighted by molar-refractivity contribution is 7.17. The highest BCUT2D eigenvalue weighted by Crippen LogP contribution is 2.44. The maximum atomic E-state index is 13.7. The molecule has 2 heterocycles. The van der Waals surface area contributed by atoms with Crippen molar-refractivity contribution >= 4 is 39.9 Å². The minimum absolute atomic E-state index is 0.0664. The minimum Gasteiger partial charge on any atom is -0.507 e. The van der Waals surface area contributed by atoms with Gasteiger partial charge in [0.1, 0.15) is 23.0 Å². The topological polar surface area (TPSA) is 106 Å². The molecular formula is C35H34N2O6S. The molecule has 4 aromatic rings. The number of nitrogens with zero attached hydrogens (tertiary/aromatic N) is 2. The van der Waals surface area contributed by atoms with E-state index in [9.17, 15) is 19.5 Å². The van der Waals surface area contributed by atoms with Gasteiger partial charge in [-0.2, -0.15) is 0 Å². The summed E-state index contributed by atoms with van der Waals surface area (Å²) in [5, 5.41) is 11.8. The van der Waals surface area contributed by atoms with Gasteiger partial charge in [0.25, 0.3) is 5.78 Å². The molecule has 0 saturated carbocycles. The Hall–Kier alpha value is -4.76. The van der Waals surface area contributed by atoms with Gasteiger partial charge in [-0.25, -0.2) is 9.78 Å². The predicted octanol–water partition coefficient (Wildman–Crippen LogP) is 7.05. The number of rotatable bonds is 7. The molecule has 1 aliphatic heterocycles. The second-order valence-corrected chi connectivity index (χ2v) is 12.7. The number of carbonyl (C=O) groups is 3. The molecule has 1 unspecified atom stereocenters. The summed E-state index contributed by atoms with van der Waals surface area (Å²) in [4.78, 5) is 45.6. The molecule has 1 amide bonds. The van der Waals surface area contributed by atoms with Crippen LogP contribution < -0.4 is 9.64 Å². The molecule has 0 aliphatic carbocycles. The van der Waals surface area contributed by atoms with Crippen molar-refractivity contribution in [3.63, 3.8) is 0 Å². The predicted molar refractivity (Wildman–Crippen MR) is 170 cm³/mol. The molecule has 1 saturated heterocycles. The van der Waals surface area contributed by atoms with Gasteiger partial charge < -0.3 is 14.6 Å². The average molecular weight is 611 g/mol. The van der Waals surface area contributed by atoms with Gasteiger partial charge in [-0.1, -0.05) is 86.7 Å². The summed E-state index contributed by atoms with van der Waals surface area (Å²) in [6.45, 7) is 10.2. The van der Waals surface area contributed by atoms with Crippen LogP contribution in [0, 0.1) is 13.8 Å². The Morgan fingerprint density at radius 3 is 2.30 bits per heavy atom. The van der Waals surface area contributed by atoms with E-state index in [0.29, 0.717) is 29.2 Å². The molecule has 8 nitrogen and oxygen atoms in total. The number of Topliss-reactive ketones (excluding diaryl/α,β-unsaturated/α-hetero) is 1. The van der Waals surface area contributed by atoms with Crippen LogP contribution in [0.5, 0.6) is 5.75 Å². The van der Waals surface area contributed by atoms with Gasteiger partial charge in [0, 0.05) is 5.56 Å². The molecule has 5 rings (SSSR count). The number of aliphatic hydroxyl groups is 1. The van der Waals surface area contributed by atoms with Crippen LogP contribution in [0.1, 0.15) is 70.0 Å². The highest BCUT2D eigenvalue weighted by atomic mass is 32.1. The van der Waals surface area contributed by atoms with E-state index in [-0.39, 0.29) is 26.8 Å². The maximum absolute atomic E-state index is 13.7. The van der Waals surface area contributed by atoms with Crippen LogP contribution in [0.2, 0.25) is 0 Å². The lowest BCUT2D eigenvalue weighted by molar-refractivity contribution is -0.132. The number of hydrogen-bond acceptors (Lipinski definition) is 8. The van der Waals surface area contributed by atoms with Crippen LogP contribution in [0.25, 0.3) is 5.76 Å². The standard InChI is InChI=1S/C35H34N2O6S/c1-20-18-24(14-17-26(20)43-19-22-10-8-7-9-11-22)29(38)27-28(23-12-15-25(16-13-23)35(3,4)5)37(32(40)30(27)39)34-36-21(2)31(44-34)33(41)42-6/h7-18,28,38H,19H2,1-6H3/b29-27+. The Bertz CT molecular complexity index is 1770. The van der Waals surface area contributed by atoms with E-state index in [4.69, 9.17) is 9.47 Å². The quantitative estimate of drug-likeness (QED) is 0.103. The van der Waals surface area contributed by atoms with Crippen molar-refractivity contribution in [2.45, 2.75) is 52.7 Å². The number of aryl methyl sites for hydroxylation is 2. The van der Waals surface area contributed by atoms with Gasteiger partial charge in [-0.05, 0) is 59.7 Å². The van der Waals surface area contributed by atoms with E-state index in [1.54, 1.807) is 25.1 Å². The number of ether oxygens (including phenoxy) is 2. The molecule has 44 heavy (non-hydrogen) atoms. The van der Waals surface area contributed by atoms with E-state index in [2.05, 4.69) is 25.8 Å². The van der Waals surface area contributed by atoms with Crippen molar-refractivity contribution < 1.29 is 29.0 Å². The van der Waals surface area contributed by atoms with Gasteiger partial charge in [0.15, 0.2) is 5.13 Å². The fourth-order valence-corrected chi connectivity index (χ4v) is 6.14. The number of anilines is 1. The van der Waals surface area contributed by atoms with Crippen molar-refractivity contribution in [3.8, 4) is 5.75 Å². The number of methoxy groups -OCH3 is 1. The molecule has 0 radical (unpaired) electrons. The van der Waals surface area contributed by atoms with Crippen LogP contribution in [0.3, 0.4) is 0 Å². The van der Waals surface area contributed by atoms with Crippen molar-refractivity contribution in [2.75, 3.05) is 12.0 Å². The molecule has 0 spiro atoms. The number of ketones is 1. The maximum Gasteiger partial charge on any atom is 0.350 e. The first kappa shape index (κ1) is 30.7. The lowest BCUT2D eigenvalue weighted by Crippen LogP contribution is -2.29. The van der Waals surface area contributed by atoms with E-state index >= 15 is 0 Å². The van der Waals surface area contributed by atoms with Crippen molar-refractivity contribution in [1.29, 1.82) is 0 Å². The third kappa shape index (κ3) is 5.88. The van der Waals surface area contributed by atoms with Crippen molar-refractivity contribution in [3.05, 3.63) is 117 Å². The summed E-state index contributed by atoms with van der Waals surface area (Å²) in [7, 11) is 1.27. The number of thiazole rings is 1. The Morgan fingerprint density at radius 1 is 1.00 bits per heavy atom. The van der Waals surface area contributed by atoms with Gasteiger partial charge in [-0.3, -0.25) is 14.5 Å². The Kier molecular flexibility index (Phi) is 8.43. The molecule has 226 valence electrons. The molecule has 1 aromatic heterocycles. The van der Waals surface area contributed by atoms with Crippen LogP contribution in [-0.2, 0) is 26.3 Å². The summed E-state index contributed by atoms with van der Waals surface area (Å²) in [6, 6.07) is 21.5. The zero-order chi connectivity index (χ0) is 31.8. The minimum atomic E-state index is -0.977. The summed E-state index contributed by atoms with van der Waals surface area (Å²) >= 11 is 0.965. The van der Waals surface area contributed by atoms with Crippen LogP contribution in [0.4, 0.5) is 5.13 Å². The van der Waals surface area contributed by atoms with Gasteiger partial charge in [-0.15, -0.1) is 0 Å².